The van der Waals surface area contributed by atoms with Crippen molar-refractivity contribution in [2.45, 2.75) is 37.2 Å². The second kappa shape index (κ2) is 9.24. The average molecular weight is 483 g/mol. The molecular weight excluding hydrogens is 456 g/mol. The van der Waals surface area contributed by atoms with Crippen LogP contribution in [0.2, 0.25) is 0 Å². The molecule has 2 aliphatic rings. The summed E-state index contributed by atoms with van der Waals surface area (Å²) < 4.78 is 27.9. The van der Waals surface area contributed by atoms with E-state index in [1.54, 1.807) is 35.7 Å². The van der Waals surface area contributed by atoms with Crippen LogP contribution in [0.3, 0.4) is 0 Å². The number of sulfonamides is 1. The van der Waals surface area contributed by atoms with Crippen LogP contribution >= 0.6 is 11.3 Å². The van der Waals surface area contributed by atoms with Gasteiger partial charge in [0.05, 0.1) is 4.90 Å². The summed E-state index contributed by atoms with van der Waals surface area (Å²) in [5.41, 5.74) is 2.36. The lowest BCUT2D eigenvalue weighted by molar-refractivity contribution is 0.0950. The fraction of sp³-hybridized carbons (Fsp3) is 0.333. The average Bonchev–Trinajstić information content (AvgIpc) is 3.54. The molecule has 172 valence electrons. The number of carbonyl (C=O) groups excluding carboxylic acids is 1. The van der Waals surface area contributed by atoms with Crippen LogP contribution in [0.1, 0.15) is 39.2 Å². The topological polar surface area (TPSA) is 82.6 Å². The molecule has 0 unspecified atom stereocenters. The Hall–Kier alpha value is -2.75. The third kappa shape index (κ3) is 4.66. The molecule has 0 bridgehead atoms. The molecule has 2 aliphatic heterocycles. The van der Waals surface area contributed by atoms with Crippen LogP contribution in [0.15, 0.2) is 58.9 Å². The molecule has 1 aromatic carbocycles. The SMILES string of the molecule is O=C(NCc1ccnc(N2CCCC2)c1)c1cccc(S(=O)(=O)N2CCc3sccc3C2)c1. The standard InChI is InChI=1S/C24H26N4O3S2/c29-24(26-16-18-6-9-25-23(14-18)27-10-1-2-11-27)19-4-3-5-21(15-19)33(30,31)28-12-7-22-20(17-28)8-13-32-22/h3-6,8-9,13-15H,1-2,7,10-12,16-17H2,(H,26,29). The van der Waals surface area contributed by atoms with Crippen LogP contribution in [-0.4, -0.2) is 43.2 Å². The number of pyridine rings is 1. The molecule has 0 atom stereocenters. The van der Waals surface area contributed by atoms with Crippen molar-refractivity contribution in [3.05, 3.63) is 75.6 Å². The first-order valence-electron chi connectivity index (χ1n) is 11.1. The Bertz CT molecular complexity index is 1270. The van der Waals surface area contributed by atoms with Gasteiger partial charge in [-0.2, -0.15) is 4.31 Å². The third-order valence-corrected chi connectivity index (χ3v) is 9.06. The van der Waals surface area contributed by atoms with Crippen molar-refractivity contribution in [1.29, 1.82) is 0 Å². The molecule has 4 heterocycles. The maximum atomic E-state index is 13.2. The first-order valence-corrected chi connectivity index (χ1v) is 13.5. The zero-order valence-electron chi connectivity index (χ0n) is 18.2. The summed E-state index contributed by atoms with van der Waals surface area (Å²) in [5, 5.41) is 4.91. The summed E-state index contributed by atoms with van der Waals surface area (Å²) in [4.78, 5) is 20.9. The van der Waals surface area contributed by atoms with Gasteiger partial charge in [0.1, 0.15) is 5.82 Å². The van der Waals surface area contributed by atoms with E-state index in [-0.39, 0.29) is 10.8 Å². The molecule has 9 heteroatoms. The van der Waals surface area contributed by atoms with E-state index in [9.17, 15) is 13.2 Å². The lowest BCUT2D eigenvalue weighted by atomic mass is 10.1. The van der Waals surface area contributed by atoms with Crippen molar-refractivity contribution in [3.8, 4) is 0 Å². The highest BCUT2D eigenvalue weighted by Gasteiger charge is 2.29. The van der Waals surface area contributed by atoms with E-state index in [0.29, 0.717) is 25.2 Å². The van der Waals surface area contributed by atoms with E-state index in [2.05, 4.69) is 15.2 Å². The lowest BCUT2D eigenvalue weighted by Crippen LogP contribution is -2.35. The van der Waals surface area contributed by atoms with Gasteiger partial charge in [0.15, 0.2) is 0 Å². The Morgan fingerprint density at radius 2 is 1.94 bits per heavy atom. The largest absolute Gasteiger partial charge is 0.357 e. The lowest BCUT2D eigenvalue weighted by Gasteiger charge is -2.26. The zero-order chi connectivity index (χ0) is 22.8. The molecule has 1 saturated heterocycles. The Labute approximate surface area is 198 Å². The number of anilines is 1. The number of hydrogen-bond acceptors (Lipinski definition) is 6. The van der Waals surface area contributed by atoms with Crippen LogP contribution in [0.25, 0.3) is 0 Å². The van der Waals surface area contributed by atoms with Gasteiger partial charge in [0, 0.05) is 49.4 Å². The first kappa shape index (κ1) is 22.1. The van der Waals surface area contributed by atoms with E-state index in [0.717, 1.165) is 36.5 Å². The second-order valence-corrected chi connectivity index (χ2v) is 11.3. The minimum Gasteiger partial charge on any atom is -0.357 e. The predicted molar refractivity (Wildman–Crippen MR) is 129 cm³/mol. The fourth-order valence-corrected chi connectivity index (χ4v) is 6.70. The minimum atomic E-state index is -3.68. The smallest absolute Gasteiger partial charge is 0.251 e. The molecule has 0 saturated carbocycles. The highest BCUT2D eigenvalue weighted by Crippen LogP contribution is 2.28. The van der Waals surface area contributed by atoms with Gasteiger partial charge in [-0.3, -0.25) is 4.79 Å². The molecule has 33 heavy (non-hydrogen) atoms. The molecule has 2 aromatic heterocycles. The Kier molecular flexibility index (Phi) is 6.18. The van der Waals surface area contributed by atoms with Crippen LogP contribution < -0.4 is 10.2 Å². The van der Waals surface area contributed by atoms with Gasteiger partial charge in [-0.25, -0.2) is 13.4 Å². The number of hydrogen-bond donors (Lipinski definition) is 1. The van der Waals surface area contributed by atoms with E-state index in [1.165, 1.54) is 28.1 Å². The Balaban J connectivity index is 1.27. The van der Waals surface area contributed by atoms with E-state index in [4.69, 9.17) is 0 Å². The number of rotatable bonds is 6. The molecule has 1 amide bonds. The highest BCUT2D eigenvalue weighted by molar-refractivity contribution is 7.89. The fourth-order valence-electron chi connectivity index (χ4n) is 4.35. The van der Waals surface area contributed by atoms with Gasteiger partial charge in [0.2, 0.25) is 10.0 Å². The number of carbonyl (C=O) groups is 1. The van der Waals surface area contributed by atoms with Crippen molar-refractivity contribution in [2.75, 3.05) is 24.5 Å². The highest BCUT2D eigenvalue weighted by atomic mass is 32.2. The normalized spacial score (nSPS) is 16.5. The summed E-state index contributed by atoms with van der Waals surface area (Å²) in [5.74, 6) is 0.632. The Morgan fingerprint density at radius 1 is 1.09 bits per heavy atom. The number of amides is 1. The second-order valence-electron chi connectivity index (χ2n) is 8.38. The number of nitrogens with zero attached hydrogens (tertiary/aromatic N) is 3. The molecule has 0 aliphatic carbocycles. The zero-order valence-corrected chi connectivity index (χ0v) is 19.9. The third-order valence-electron chi connectivity index (χ3n) is 6.20. The number of fused-ring (bicyclic) bond motifs is 1. The van der Waals surface area contributed by atoms with Gasteiger partial charge in [0.25, 0.3) is 5.91 Å². The van der Waals surface area contributed by atoms with Crippen molar-refractivity contribution < 1.29 is 13.2 Å². The molecule has 0 spiro atoms. The summed E-state index contributed by atoms with van der Waals surface area (Å²) in [7, 11) is -3.68. The van der Waals surface area contributed by atoms with Crippen LogP contribution in [0.4, 0.5) is 5.82 Å². The van der Waals surface area contributed by atoms with Crippen LogP contribution in [0.5, 0.6) is 0 Å². The molecule has 5 rings (SSSR count). The van der Waals surface area contributed by atoms with Crippen molar-refractivity contribution in [3.63, 3.8) is 0 Å². The maximum absolute atomic E-state index is 13.2. The number of nitrogens with one attached hydrogen (secondary N) is 1. The van der Waals surface area contributed by atoms with Gasteiger partial charge < -0.3 is 10.2 Å². The summed E-state index contributed by atoms with van der Waals surface area (Å²) >= 11 is 1.67. The van der Waals surface area contributed by atoms with Crippen molar-refractivity contribution >= 4 is 33.1 Å². The molecule has 1 fully saturated rings. The summed E-state index contributed by atoms with van der Waals surface area (Å²) in [6.07, 6.45) is 4.83. The maximum Gasteiger partial charge on any atom is 0.251 e. The van der Waals surface area contributed by atoms with E-state index >= 15 is 0 Å². The van der Waals surface area contributed by atoms with Crippen molar-refractivity contribution in [2.24, 2.45) is 0 Å². The molecule has 7 nitrogen and oxygen atoms in total. The molecular formula is C24H26N4O3S2. The van der Waals surface area contributed by atoms with Crippen molar-refractivity contribution in [1.82, 2.24) is 14.6 Å². The number of aromatic nitrogens is 1. The molecule has 3 aromatic rings. The summed E-state index contributed by atoms with van der Waals surface area (Å²) in [6, 6.07) is 12.2. The quantitative estimate of drug-likeness (QED) is 0.582. The minimum absolute atomic E-state index is 0.147. The van der Waals surface area contributed by atoms with E-state index < -0.39 is 10.0 Å². The molecule has 1 N–H and O–H groups in total. The number of thiophene rings is 1. The van der Waals surface area contributed by atoms with Gasteiger partial charge in [-0.15, -0.1) is 11.3 Å². The van der Waals surface area contributed by atoms with Crippen LogP contribution in [0, 0.1) is 0 Å². The van der Waals surface area contributed by atoms with Crippen LogP contribution in [-0.2, 0) is 29.5 Å². The van der Waals surface area contributed by atoms with E-state index in [1.807, 2.05) is 23.6 Å². The number of benzene rings is 1. The molecule has 0 radical (unpaired) electrons. The van der Waals surface area contributed by atoms with Gasteiger partial charge in [-0.05, 0) is 72.2 Å². The predicted octanol–water partition coefficient (Wildman–Crippen LogP) is 3.42. The van der Waals surface area contributed by atoms with Gasteiger partial charge in [-0.1, -0.05) is 6.07 Å². The summed E-state index contributed by atoms with van der Waals surface area (Å²) in [6.45, 7) is 3.20. The Morgan fingerprint density at radius 3 is 2.79 bits per heavy atom. The first-order chi connectivity index (χ1) is 16.0. The van der Waals surface area contributed by atoms with Gasteiger partial charge >= 0.3 is 0 Å². The monoisotopic (exact) mass is 482 g/mol.